The lowest BCUT2D eigenvalue weighted by atomic mass is 10.1. The minimum absolute atomic E-state index is 0.439. The van der Waals surface area contributed by atoms with Gasteiger partial charge in [0.15, 0.2) is 5.82 Å². The molecule has 2 heterocycles. The summed E-state index contributed by atoms with van der Waals surface area (Å²) in [6.07, 6.45) is 0.724. The number of rotatable bonds is 3. The second-order valence-corrected chi connectivity index (χ2v) is 5.22. The van der Waals surface area contributed by atoms with E-state index in [2.05, 4.69) is 27.1 Å². The Bertz CT molecular complexity index is 757. The van der Waals surface area contributed by atoms with Crippen LogP contribution in [-0.2, 0) is 6.42 Å². The molecule has 0 aliphatic carbocycles. The van der Waals surface area contributed by atoms with Gasteiger partial charge in [0, 0.05) is 12.1 Å². The van der Waals surface area contributed by atoms with E-state index in [-0.39, 0.29) is 0 Å². The van der Waals surface area contributed by atoms with Crippen LogP contribution in [0, 0.1) is 6.92 Å². The van der Waals surface area contributed by atoms with Crippen LogP contribution >= 0.6 is 11.6 Å². The van der Waals surface area contributed by atoms with E-state index in [1.807, 2.05) is 43.3 Å². The van der Waals surface area contributed by atoms with Gasteiger partial charge in [-0.3, -0.25) is 0 Å². The summed E-state index contributed by atoms with van der Waals surface area (Å²) in [7, 11) is 0. The first kappa shape index (κ1) is 13.7. The van der Waals surface area contributed by atoms with Gasteiger partial charge in [0.2, 0.25) is 0 Å². The van der Waals surface area contributed by atoms with Crippen molar-refractivity contribution < 1.29 is 0 Å². The largest absolute Gasteiger partial charge is 0.250 e. The molecule has 0 aliphatic rings. The predicted octanol–water partition coefficient (Wildman–Crippen LogP) is 4.09. The molecule has 0 fully saturated rings. The van der Waals surface area contributed by atoms with Crippen LogP contribution in [0.5, 0.6) is 0 Å². The lowest BCUT2D eigenvalue weighted by Crippen LogP contribution is -1.99. The number of hydrogen-bond donors (Lipinski definition) is 0. The molecule has 4 heteroatoms. The zero-order valence-corrected chi connectivity index (χ0v) is 12.4. The Balaban J connectivity index is 1.97. The highest BCUT2D eigenvalue weighted by atomic mass is 35.5. The third-order valence-electron chi connectivity index (χ3n) is 3.09. The van der Waals surface area contributed by atoms with Gasteiger partial charge in [-0.05, 0) is 30.7 Å². The van der Waals surface area contributed by atoms with Crippen molar-refractivity contribution >= 4 is 11.6 Å². The lowest BCUT2D eigenvalue weighted by molar-refractivity contribution is 1.02. The maximum Gasteiger partial charge on any atom is 0.179 e. The molecule has 3 rings (SSSR count). The molecule has 0 radical (unpaired) electrons. The maximum absolute atomic E-state index is 6.13. The van der Waals surface area contributed by atoms with Crippen molar-refractivity contribution in [2.75, 3.05) is 0 Å². The number of aromatic nitrogens is 3. The fourth-order valence-electron chi connectivity index (χ4n) is 2.14. The minimum Gasteiger partial charge on any atom is -0.250 e. The first-order chi connectivity index (χ1) is 10.2. The highest BCUT2D eigenvalue weighted by Crippen LogP contribution is 2.18. The molecule has 0 aliphatic heterocycles. The molecule has 0 unspecified atom stereocenters. The van der Waals surface area contributed by atoms with Gasteiger partial charge in [-0.25, -0.2) is 15.0 Å². The smallest absolute Gasteiger partial charge is 0.179 e. The Kier molecular flexibility index (Phi) is 3.93. The first-order valence-electron chi connectivity index (χ1n) is 6.72. The van der Waals surface area contributed by atoms with Crippen LogP contribution in [0.1, 0.15) is 17.0 Å². The lowest BCUT2D eigenvalue weighted by Gasteiger charge is -2.06. The average Bonchev–Trinajstić information content (AvgIpc) is 2.48. The van der Waals surface area contributed by atoms with Crippen molar-refractivity contribution in [1.29, 1.82) is 0 Å². The summed E-state index contributed by atoms with van der Waals surface area (Å²) in [5.74, 6) is 0.567. The summed E-state index contributed by atoms with van der Waals surface area (Å²) in [6, 6.07) is 17.7. The number of hydrogen-bond acceptors (Lipinski definition) is 3. The number of aryl methyl sites for hydroxylation is 1. The Morgan fingerprint density at radius 2 is 1.71 bits per heavy atom. The van der Waals surface area contributed by atoms with Gasteiger partial charge in [-0.1, -0.05) is 48.0 Å². The monoisotopic (exact) mass is 295 g/mol. The van der Waals surface area contributed by atoms with Crippen LogP contribution in [0.2, 0.25) is 5.15 Å². The maximum atomic E-state index is 6.13. The normalized spacial score (nSPS) is 10.6. The molecular weight excluding hydrogens is 282 g/mol. The summed E-state index contributed by atoms with van der Waals surface area (Å²) in [6.45, 7) is 1.94. The molecule has 21 heavy (non-hydrogen) atoms. The number of pyridine rings is 1. The van der Waals surface area contributed by atoms with Crippen LogP contribution in [0.25, 0.3) is 11.5 Å². The highest BCUT2D eigenvalue weighted by molar-refractivity contribution is 6.29. The summed E-state index contributed by atoms with van der Waals surface area (Å²) in [5, 5.41) is 0.439. The van der Waals surface area contributed by atoms with E-state index >= 15 is 0 Å². The van der Waals surface area contributed by atoms with Gasteiger partial charge < -0.3 is 0 Å². The zero-order chi connectivity index (χ0) is 14.7. The van der Waals surface area contributed by atoms with Crippen LogP contribution in [0.4, 0.5) is 0 Å². The third kappa shape index (κ3) is 3.44. The van der Waals surface area contributed by atoms with Gasteiger partial charge >= 0.3 is 0 Å². The molecule has 0 amide bonds. The number of halogens is 1. The van der Waals surface area contributed by atoms with Crippen LogP contribution in [0.3, 0.4) is 0 Å². The predicted molar refractivity (Wildman–Crippen MR) is 84.3 cm³/mol. The molecule has 0 bridgehead atoms. The molecule has 0 atom stereocenters. The number of nitrogens with zero attached hydrogens (tertiary/aromatic N) is 3. The summed E-state index contributed by atoms with van der Waals surface area (Å²) >= 11 is 6.13. The second-order valence-electron chi connectivity index (χ2n) is 4.83. The average molecular weight is 296 g/mol. The van der Waals surface area contributed by atoms with Crippen molar-refractivity contribution in [1.82, 2.24) is 15.0 Å². The van der Waals surface area contributed by atoms with Gasteiger partial charge in [-0.15, -0.1) is 0 Å². The van der Waals surface area contributed by atoms with E-state index in [4.69, 9.17) is 11.6 Å². The van der Waals surface area contributed by atoms with Crippen molar-refractivity contribution in [3.05, 3.63) is 76.7 Å². The summed E-state index contributed by atoms with van der Waals surface area (Å²) in [5.41, 5.74) is 3.75. The molecule has 0 spiro atoms. The molecule has 0 N–H and O–H groups in total. The fraction of sp³-hybridized carbons (Fsp3) is 0.118. The SMILES string of the molecule is Cc1cccc(-c2nc(Cl)cc(Cc3ccccc3)n2)n1. The van der Waals surface area contributed by atoms with E-state index in [0.29, 0.717) is 11.0 Å². The molecule has 104 valence electrons. The fourth-order valence-corrected chi connectivity index (χ4v) is 2.35. The van der Waals surface area contributed by atoms with Gasteiger partial charge in [0.05, 0.1) is 5.69 Å². The number of benzene rings is 1. The molecule has 0 saturated heterocycles. The Morgan fingerprint density at radius 3 is 2.48 bits per heavy atom. The topological polar surface area (TPSA) is 38.7 Å². The van der Waals surface area contributed by atoms with E-state index in [1.54, 1.807) is 6.07 Å². The van der Waals surface area contributed by atoms with Gasteiger partial charge in [0.25, 0.3) is 0 Å². The van der Waals surface area contributed by atoms with E-state index in [1.165, 1.54) is 5.56 Å². The quantitative estimate of drug-likeness (QED) is 0.683. The van der Waals surface area contributed by atoms with Crippen LogP contribution in [0.15, 0.2) is 54.6 Å². The second kappa shape index (κ2) is 6.02. The summed E-state index contributed by atoms with van der Waals surface area (Å²) in [4.78, 5) is 13.3. The minimum atomic E-state index is 0.439. The summed E-state index contributed by atoms with van der Waals surface area (Å²) < 4.78 is 0. The molecule has 2 aromatic heterocycles. The zero-order valence-electron chi connectivity index (χ0n) is 11.6. The molecule has 3 nitrogen and oxygen atoms in total. The Morgan fingerprint density at radius 1 is 0.905 bits per heavy atom. The molecular formula is C17H14ClN3. The highest BCUT2D eigenvalue weighted by Gasteiger charge is 2.08. The van der Waals surface area contributed by atoms with Crippen molar-refractivity contribution in [2.24, 2.45) is 0 Å². The van der Waals surface area contributed by atoms with Gasteiger partial charge in [0.1, 0.15) is 10.8 Å². The molecule has 3 aromatic rings. The van der Waals surface area contributed by atoms with Crippen molar-refractivity contribution in [2.45, 2.75) is 13.3 Å². The van der Waals surface area contributed by atoms with Gasteiger partial charge in [-0.2, -0.15) is 0 Å². The first-order valence-corrected chi connectivity index (χ1v) is 7.10. The van der Waals surface area contributed by atoms with Crippen molar-refractivity contribution in [3.63, 3.8) is 0 Å². The van der Waals surface area contributed by atoms with E-state index < -0.39 is 0 Å². The molecule has 1 aromatic carbocycles. The van der Waals surface area contributed by atoms with E-state index in [0.717, 1.165) is 23.5 Å². The molecule has 0 saturated carbocycles. The standard InChI is InChI=1S/C17H14ClN3/c1-12-6-5-9-15(19-12)17-20-14(11-16(18)21-17)10-13-7-3-2-4-8-13/h2-9,11H,10H2,1H3. The van der Waals surface area contributed by atoms with Crippen LogP contribution in [-0.4, -0.2) is 15.0 Å². The third-order valence-corrected chi connectivity index (χ3v) is 3.29. The van der Waals surface area contributed by atoms with Crippen LogP contribution < -0.4 is 0 Å². The van der Waals surface area contributed by atoms with E-state index in [9.17, 15) is 0 Å². The van der Waals surface area contributed by atoms with Crippen molar-refractivity contribution in [3.8, 4) is 11.5 Å². The Hall–Kier alpha value is -2.26. The Labute approximate surface area is 128 Å².